The molecule has 0 unspecified atom stereocenters. The van der Waals surface area contributed by atoms with Gasteiger partial charge in [0, 0.05) is 6.42 Å². The Kier molecular flexibility index (Phi) is 19.9. The van der Waals surface area contributed by atoms with Gasteiger partial charge in [-0.25, -0.2) is 15.3 Å². The Morgan fingerprint density at radius 1 is 0.680 bits per heavy atom. The fourth-order valence-corrected chi connectivity index (χ4v) is 3.05. The summed E-state index contributed by atoms with van der Waals surface area (Å²) in [5, 5.41) is 8.37. The van der Waals surface area contributed by atoms with Crippen LogP contribution in [0.4, 0.5) is 0 Å². The molecule has 5 nitrogen and oxygen atoms in total. The number of hydrogen-bond donors (Lipinski definition) is 2. The highest BCUT2D eigenvalue weighted by Crippen LogP contribution is 2.14. The Balaban J connectivity index is 3.02. The van der Waals surface area contributed by atoms with Gasteiger partial charge in [0.05, 0.1) is 6.54 Å². The van der Waals surface area contributed by atoms with Crippen molar-refractivity contribution in [2.45, 2.75) is 109 Å². The molecule has 2 N–H and O–H groups in total. The second kappa shape index (κ2) is 20.9. The average Bonchev–Trinajstić information content (AvgIpc) is 2.63. The molecule has 146 valence electrons. The van der Waals surface area contributed by atoms with Crippen LogP contribution in [0.25, 0.3) is 0 Å². The first kappa shape index (κ1) is 23.8. The van der Waals surface area contributed by atoms with Crippen molar-refractivity contribution in [1.82, 2.24) is 5.48 Å². The number of rotatable bonds is 19. The van der Waals surface area contributed by atoms with Gasteiger partial charge in [0.1, 0.15) is 0 Å². The quantitative estimate of drug-likeness (QED) is 0.106. The van der Waals surface area contributed by atoms with Crippen molar-refractivity contribution in [3.8, 4) is 0 Å². The zero-order chi connectivity index (χ0) is 18.4. The number of nitrogens with one attached hydrogen (secondary N) is 1. The number of unbranched alkanes of at least 4 members (excludes halogenated alkanes) is 15. The number of amides is 1. The first-order chi connectivity index (χ1) is 12.3. The normalized spacial score (nSPS) is 10.4. The van der Waals surface area contributed by atoms with E-state index in [4.69, 9.17) is 5.21 Å². The maximum Gasteiger partial charge on any atom is 0.243 e. The topological polar surface area (TPSA) is 78.8 Å². The van der Waals surface area contributed by atoms with E-state index in [-0.39, 0.29) is 5.91 Å². The van der Waals surface area contributed by atoms with Crippen LogP contribution in [0.15, 0.2) is 4.99 Å². The summed E-state index contributed by atoms with van der Waals surface area (Å²) in [6.45, 7) is 0.643. The standard InChI is InChI=1S/C20H38N2O3/c23-19-21-18-16-14-12-10-8-6-4-2-1-3-5-7-9-11-13-15-17-20(24)22-25/h25H,1-18H2,(H,22,24). The lowest BCUT2D eigenvalue weighted by Crippen LogP contribution is -2.17. The molecule has 0 aliphatic carbocycles. The number of isocyanates is 1. The molecule has 0 fully saturated rings. The molecule has 0 heterocycles. The summed E-state index contributed by atoms with van der Waals surface area (Å²) in [4.78, 5) is 24.3. The van der Waals surface area contributed by atoms with E-state index in [1.54, 1.807) is 11.6 Å². The van der Waals surface area contributed by atoms with Gasteiger partial charge >= 0.3 is 0 Å². The first-order valence-corrected chi connectivity index (χ1v) is 10.3. The lowest BCUT2D eigenvalue weighted by Gasteiger charge is -2.03. The molecule has 0 saturated heterocycles. The smallest absolute Gasteiger partial charge is 0.243 e. The van der Waals surface area contributed by atoms with Crippen LogP contribution in [0.5, 0.6) is 0 Å². The average molecular weight is 355 g/mol. The van der Waals surface area contributed by atoms with Gasteiger partial charge in [0.2, 0.25) is 12.0 Å². The van der Waals surface area contributed by atoms with E-state index < -0.39 is 0 Å². The summed E-state index contributed by atoms with van der Waals surface area (Å²) in [5.41, 5.74) is 1.67. The highest BCUT2D eigenvalue weighted by Gasteiger charge is 1.98. The van der Waals surface area contributed by atoms with E-state index in [2.05, 4.69) is 4.99 Å². The second-order valence-corrected chi connectivity index (χ2v) is 6.91. The molecule has 0 saturated carbocycles. The molecule has 0 aliphatic heterocycles. The first-order valence-electron chi connectivity index (χ1n) is 10.3. The van der Waals surface area contributed by atoms with E-state index in [9.17, 15) is 9.59 Å². The minimum absolute atomic E-state index is 0.274. The zero-order valence-corrected chi connectivity index (χ0v) is 15.9. The van der Waals surface area contributed by atoms with Crippen LogP contribution in [0.2, 0.25) is 0 Å². The lowest BCUT2D eigenvalue weighted by molar-refractivity contribution is -0.129. The molecule has 0 aromatic carbocycles. The van der Waals surface area contributed by atoms with E-state index in [1.807, 2.05) is 0 Å². The monoisotopic (exact) mass is 354 g/mol. The number of aliphatic imine (C=N–C) groups is 1. The molecule has 0 spiro atoms. The van der Waals surface area contributed by atoms with Crippen LogP contribution in [-0.4, -0.2) is 23.7 Å². The van der Waals surface area contributed by atoms with Gasteiger partial charge in [-0.3, -0.25) is 10.0 Å². The number of nitrogens with zero attached hydrogens (tertiary/aromatic N) is 1. The van der Waals surface area contributed by atoms with Gasteiger partial charge in [0.25, 0.3) is 0 Å². The van der Waals surface area contributed by atoms with Crippen LogP contribution in [0.3, 0.4) is 0 Å². The van der Waals surface area contributed by atoms with E-state index in [0.29, 0.717) is 13.0 Å². The molecule has 0 radical (unpaired) electrons. The Hall–Kier alpha value is -1.19. The maximum atomic E-state index is 10.8. The van der Waals surface area contributed by atoms with Crippen LogP contribution >= 0.6 is 0 Å². The fourth-order valence-electron chi connectivity index (χ4n) is 3.05. The van der Waals surface area contributed by atoms with Gasteiger partial charge in [-0.2, -0.15) is 0 Å². The van der Waals surface area contributed by atoms with Gasteiger partial charge in [-0.05, 0) is 12.8 Å². The summed E-state index contributed by atoms with van der Waals surface area (Å²) in [7, 11) is 0. The number of carbonyl (C=O) groups is 1. The van der Waals surface area contributed by atoms with Crippen molar-refractivity contribution < 1.29 is 14.8 Å². The van der Waals surface area contributed by atoms with Gasteiger partial charge in [0.15, 0.2) is 0 Å². The predicted octanol–water partition coefficient (Wildman–Crippen LogP) is 5.46. The Morgan fingerprint density at radius 3 is 1.40 bits per heavy atom. The SMILES string of the molecule is O=C=NCCCCCCCCCCCCCCCCCCC(=O)NO. The summed E-state index contributed by atoms with van der Waals surface area (Å²) >= 11 is 0. The summed E-state index contributed by atoms with van der Waals surface area (Å²) < 4.78 is 0. The number of carbonyl (C=O) groups excluding carboxylic acids is 2. The van der Waals surface area contributed by atoms with Crippen molar-refractivity contribution in [1.29, 1.82) is 0 Å². The van der Waals surface area contributed by atoms with Crippen LogP contribution in [0, 0.1) is 0 Å². The molecule has 0 aromatic heterocycles. The second-order valence-electron chi connectivity index (χ2n) is 6.91. The van der Waals surface area contributed by atoms with Crippen molar-refractivity contribution >= 4 is 12.0 Å². The zero-order valence-electron chi connectivity index (χ0n) is 15.9. The summed E-state index contributed by atoms with van der Waals surface area (Å²) in [6, 6.07) is 0. The lowest BCUT2D eigenvalue weighted by atomic mass is 10.0. The third-order valence-electron chi connectivity index (χ3n) is 4.61. The van der Waals surface area contributed by atoms with Gasteiger partial charge in [-0.1, -0.05) is 89.9 Å². The van der Waals surface area contributed by atoms with Gasteiger partial charge in [-0.15, -0.1) is 0 Å². The third-order valence-corrected chi connectivity index (χ3v) is 4.61. The highest BCUT2D eigenvalue weighted by atomic mass is 16.5. The fraction of sp³-hybridized carbons (Fsp3) is 0.900. The predicted molar refractivity (Wildman–Crippen MR) is 101 cm³/mol. The van der Waals surface area contributed by atoms with Crippen molar-refractivity contribution in [3.05, 3.63) is 0 Å². The third kappa shape index (κ3) is 20.8. The molecule has 1 amide bonds. The molecule has 0 aliphatic rings. The summed E-state index contributed by atoms with van der Waals surface area (Å²) in [5.74, 6) is -0.274. The molecule has 25 heavy (non-hydrogen) atoms. The van der Waals surface area contributed by atoms with Crippen molar-refractivity contribution in [2.24, 2.45) is 4.99 Å². The van der Waals surface area contributed by atoms with E-state index >= 15 is 0 Å². The molecule has 0 atom stereocenters. The summed E-state index contributed by atoms with van der Waals surface area (Å²) in [6.07, 6.45) is 22.0. The van der Waals surface area contributed by atoms with Crippen LogP contribution in [0.1, 0.15) is 109 Å². The number of hydroxylamine groups is 1. The van der Waals surface area contributed by atoms with Gasteiger partial charge < -0.3 is 0 Å². The minimum atomic E-state index is -0.274. The molecule has 5 heteroatoms. The molecular formula is C20H38N2O3. The molecule has 0 rings (SSSR count). The maximum absolute atomic E-state index is 10.8. The Morgan fingerprint density at radius 2 is 1.04 bits per heavy atom. The van der Waals surface area contributed by atoms with E-state index in [1.165, 1.54) is 83.5 Å². The molecule has 0 bridgehead atoms. The van der Waals surface area contributed by atoms with Crippen molar-refractivity contribution in [2.75, 3.05) is 6.54 Å². The van der Waals surface area contributed by atoms with Crippen LogP contribution < -0.4 is 5.48 Å². The molecular weight excluding hydrogens is 316 g/mol. The molecule has 0 aromatic rings. The minimum Gasteiger partial charge on any atom is -0.289 e. The van der Waals surface area contributed by atoms with Crippen molar-refractivity contribution in [3.63, 3.8) is 0 Å². The number of hydrogen-bond acceptors (Lipinski definition) is 4. The van der Waals surface area contributed by atoms with E-state index in [0.717, 1.165) is 19.3 Å². The van der Waals surface area contributed by atoms with Crippen LogP contribution in [-0.2, 0) is 9.59 Å². The largest absolute Gasteiger partial charge is 0.289 e. The Bertz CT molecular complexity index is 342. The highest BCUT2D eigenvalue weighted by molar-refractivity contribution is 5.74. The Labute approximate surface area is 153 Å².